The maximum atomic E-state index is 10.1. The van der Waals surface area contributed by atoms with Gasteiger partial charge >= 0.3 is 0 Å². The molecule has 32 heavy (non-hydrogen) atoms. The second-order valence-corrected chi connectivity index (χ2v) is 8.00. The zero-order valence-electron chi connectivity index (χ0n) is 17.4. The third-order valence-electron chi connectivity index (χ3n) is 4.93. The number of aromatic nitrogens is 2. The van der Waals surface area contributed by atoms with E-state index in [9.17, 15) is 15.8 Å². The van der Waals surface area contributed by atoms with Crippen molar-refractivity contribution in [1.29, 1.82) is 15.8 Å². The Morgan fingerprint density at radius 2 is 1.69 bits per heavy atom. The van der Waals surface area contributed by atoms with Gasteiger partial charge in [-0.15, -0.1) is 0 Å². The van der Waals surface area contributed by atoms with E-state index in [1.165, 1.54) is 11.8 Å². The second kappa shape index (κ2) is 8.81. The lowest BCUT2D eigenvalue weighted by Gasteiger charge is -2.19. The van der Waals surface area contributed by atoms with E-state index in [2.05, 4.69) is 21.4 Å². The van der Waals surface area contributed by atoms with Gasteiger partial charge in [-0.3, -0.25) is 0 Å². The number of hydrogen-bond acceptors (Lipinski definition) is 8. The smallest absolute Gasteiger partial charge is 0.178 e. The Labute approximate surface area is 190 Å². The van der Waals surface area contributed by atoms with Crippen LogP contribution in [0.4, 0.5) is 11.4 Å². The highest BCUT2D eigenvalue weighted by atomic mass is 32.2. The molecule has 1 aliphatic rings. The summed E-state index contributed by atoms with van der Waals surface area (Å²) in [5.41, 5.74) is 3.29. The van der Waals surface area contributed by atoms with Crippen LogP contribution in [0.25, 0.3) is 5.57 Å². The fourth-order valence-electron chi connectivity index (χ4n) is 3.40. The predicted octanol–water partition coefficient (Wildman–Crippen LogP) is 4.82. The number of nitrogens with zero attached hydrogens (tertiary/aromatic N) is 6. The van der Waals surface area contributed by atoms with E-state index in [4.69, 9.17) is 0 Å². The van der Waals surface area contributed by atoms with Crippen LogP contribution in [0.5, 0.6) is 0 Å². The number of nitrogens with one attached hydrogen (secondary N) is 1. The van der Waals surface area contributed by atoms with Gasteiger partial charge in [0.25, 0.3) is 0 Å². The van der Waals surface area contributed by atoms with Gasteiger partial charge < -0.3 is 10.2 Å². The maximum Gasteiger partial charge on any atom is 0.178 e. The van der Waals surface area contributed by atoms with E-state index in [1.54, 1.807) is 0 Å². The Hall–Kier alpha value is -4.32. The molecular formula is C24H17N7S. The Bertz CT molecular complexity index is 1360. The van der Waals surface area contributed by atoms with Crippen molar-refractivity contribution < 1.29 is 0 Å². The van der Waals surface area contributed by atoms with Crippen LogP contribution in [-0.2, 0) is 0 Å². The molecule has 0 saturated heterocycles. The number of fused-ring (bicyclic) bond motifs is 1. The summed E-state index contributed by atoms with van der Waals surface area (Å²) in [6.07, 6.45) is 0. The van der Waals surface area contributed by atoms with Gasteiger partial charge in [0.2, 0.25) is 0 Å². The first kappa shape index (κ1) is 20.9. The van der Waals surface area contributed by atoms with E-state index < -0.39 is 0 Å². The second-order valence-electron chi connectivity index (χ2n) is 6.94. The SMILES string of the molecule is CCN1C(=C(C#N)c2nc(C#N)c(C#N)nc2Sc2ccc(C)cc2)Nc2ccccc21. The Balaban J connectivity index is 1.92. The number of hydrogen-bond donors (Lipinski definition) is 1. The summed E-state index contributed by atoms with van der Waals surface area (Å²) in [6, 6.07) is 21.7. The summed E-state index contributed by atoms with van der Waals surface area (Å²) < 4.78 is 0. The number of aryl methyl sites for hydroxylation is 1. The number of anilines is 2. The molecule has 4 rings (SSSR count). The van der Waals surface area contributed by atoms with Gasteiger partial charge in [0.15, 0.2) is 11.4 Å². The number of rotatable bonds is 4. The molecule has 0 saturated carbocycles. The van der Waals surface area contributed by atoms with Crippen LogP contribution in [0.2, 0.25) is 0 Å². The van der Waals surface area contributed by atoms with Gasteiger partial charge in [-0.1, -0.05) is 41.6 Å². The lowest BCUT2D eigenvalue weighted by atomic mass is 10.2. The Kier molecular flexibility index (Phi) is 5.77. The van der Waals surface area contributed by atoms with Gasteiger partial charge in [0.05, 0.1) is 11.4 Å². The van der Waals surface area contributed by atoms with Crippen molar-refractivity contribution in [2.24, 2.45) is 0 Å². The highest BCUT2D eigenvalue weighted by Crippen LogP contribution is 2.40. The molecule has 154 valence electrons. The van der Waals surface area contributed by atoms with E-state index in [0.717, 1.165) is 21.8 Å². The number of nitriles is 3. The molecule has 1 aliphatic heterocycles. The Morgan fingerprint density at radius 1 is 1.00 bits per heavy atom. The van der Waals surface area contributed by atoms with Gasteiger partial charge in [-0.25, -0.2) is 9.97 Å². The van der Waals surface area contributed by atoms with E-state index in [1.807, 2.05) is 79.4 Å². The summed E-state index contributed by atoms with van der Waals surface area (Å²) in [7, 11) is 0. The van der Waals surface area contributed by atoms with Crippen LogP contribution >= 0.6 is 11.8 Å². The van der Waals surface area contributed by atoms with Crippen molar-refractivity contribution in [2.75, 3.05) is 16.8 Å². The van der Waals surface area contributed by atoms with Gasteiger partial charge in [0.1, 0.15) is 40.3 Å². The first-order valence-corrected chi connectivity index (χ1v) is 10.7. The quantitative estimate of drug-likeness (QED) is 0.580. The number of benzene rings is 2. The molecule has 7 nitrogen and oxygen atoms in total. The minimum absolute atomic E-state index is 0.0665. The fraction of sp³-hybridized carbons (Fsp3) is 0.125. The molecule has 2 aromatic carbocycles. The molecule has 0 unspecified atom stereocenters. The molecule has 0 fully saturated rings. The zero-order chi connectivity index (χ0) is 22.7. The molecule has 0 amide bonds. The third kappa shape index (κ3) is 3.74. The molecule has 0 radical (unpaired) electrons. The monoisotopic (exact) mass is 435 g/mol. The maximum absolute atomic E-state index is 10.1. The van der Waals surface area contributed by atoms with E-state index in [0.29, 0.717) is 17.4 Å². The standard InChI is InChI=1S/C24H17N7S/c1-3-31-21-7-5-4-6-18(21)29-23(31)17(12-25)22-24(30-20(14-27)19(13-26)28-22)32-16-10-8-15(2)9-11-16/h4-11,29H,3H2,1-2H3. The van der Waals surface area contributed by atoms with Crippen molar-refractivity contribution in [3.63, 3.8) is 0 Å². The summed E-state index contributed by atoms with van der Waals surface area (Å²) >= 11 is 1.30. The molecular weight excluding hydrogens is 418 g/mol. The zero-order valence-corrected chi connectivity index (χ0v) is 18.2. The number of para-hydroxylation sites is 2. The molecule has 0 aliphatic carbocycles. The molecule has 1 aromatic heterocycles. The van der Waals surface area contributed by atoms with Crippen LogP contribution in [-0.4, -0.2) is 16.5 Å². The number of allylic oxidation sites excluding steroid dienone is 1. The van der Waals surface area contributed by atoms with Crippen molar-refractivity contribution >= 4 is 28.7 Å². The van der Waals surface area contributed by atoms with Crippen LogP contribution in [0.1, 0.15) is 29.6 Å². The lowest BCUT2D eigenvalue weighted by Crippen LogP contribution is -2.22. The first-order valence-electron chi connectivity index (χ1n) is 9.84. The van der Waals surface area contributed by atoms with Crippen molar-refractivity contribution in [2.45, 2.75) is 23.8 Å². The predicted molar refractivity (Wildman–Crippen MR) is 122 cm³/mol. The topological polar surface area (TPSA) is 112 Å². The molecule has 2 heterocycles. The van der Waals surface area contributed by atoms with Gasteiger partial charge in [-0.05, 0) is 38.1 Å². The summed E-state index contributed by atoms with van der Waals surface area (Å²) in [5.74, 6) is 0.574. The van der Waals surface area contributed by atoms with Gasteiger partial charge in [0, 0.05) is 11.4 Å². The van der Waals surface area contributed by atoms with Crippen LogP contribution in [0.15, 0.2) is 64.3 Å². The summed E-state index contributed by atoms with van der Waals surface area (Å²) in [4.78, 5) is 11.7. The summed E-state index contributed by atoms with van der Waals surface area (Å²) in [5, 5.41) is 32.8. The average molecular weight is 436 g/mol. The summed E-state index contributed by atoms with van der Waals surface area (Å²) in [6.45, 7) is 4.61. The minimum atomic E-state index is -0.109. The van der Waals surface area contributed by atoms with Gasteiger partial charge in [-0.2, -0.15) is 15.8 Å². The fourth-order valence-corrected chi connectivity index (χ4v) is 4.28. The molecule has 8 heteroatoms. The molecule has 0 bridgehead atoms. The highest BCUT2D eigenvalue weighted by Gasteiger charge is 2.29. The van der Waals surface area contributed by atoms with Crippen molar-refractivity contribution in [3.8, 4) is 18.2 Å². The van der Waals surface area contributed by atoms with Crippen LogP contribution < -0.4 is 10.2 Å². The normalized spacial score (nSPS) is 13.4. The van der Waals surface area contributed by atoms with Crippen molar-refractivity contribution in [1.82, 2.24) is 9.97 Å². The largest absolute Gasteiger partial charge is 0.339 e. The minimum Gasteiger partial charge on any atom is -0.339 e. The lowest BCUT2D eigenvalue weighted by molar-refractivity contribution is 0.967. The van der Waals surface area contributed by atoms with Crippen LogP contribution in [0.3, 0.4) is 0 Å². The first-order chi connectivity index (χ1) is 15.6. The highest BCUT2D eigenvalue weighted by molar-refractivity contribution is 7.99. The van der Waals surface area contributed by atoms with E-state index >= 15 is 0 Å². The van der Waals surface area contributed by atoms with Crippen molar-refractivity contribution in [3.05, 3.63) is 77.0 Å². The van der Waals surface area contributed by atoms with E-state index in [-0.39, 0.29) is 22.7 Å². The molecule has 1 N–H and O–H groups in total. The average Bonchev–Trinajstić information content (AvgIpc) is 3.19. The molecule has 3 aromatic rings. The third-order valence-corrected chi connectivity index (χ3v) is 5.92. The molecule has 0 spiro atoms. The van der Waals surface area contributed by atoms with Crippen LogP contribution in [0, 0.1) is 40.9 Å². The molecule has 0 atom stereocenters. The Morgan fingerprint density at radius 3 is 2.34 bits per heavy atom.